The number of rotatable bonds is 3. The Morgan fingerprint density at radius 1 is 1.57 bits per heavy atom. The molecule has 0 N–H and O–H groups in total. The van der Waals surface area contributed by atoms with Crippen molar-refractivity contribution < 1.29 is 13.9 Å². The van der Waals surface area contributed by atoms with Gasteiger partial charge in [-0.3, -0.25) is 0 Å². The summed E-state index contributed by atoms with van der Waals surface area (Å²) >= 11 is 1.50. The fourth-order valence-electron chi connectivity index (χ4n) is 1.10. The predicted molar refractivity (Wildman–Crippen MR) is 54.4 cm³/mol. The van der Waals surface area contributed by atoms with Crippen molar-refractivity contribution >= 4 is 17.7 Å². The Labute approximate surface area is 86.5 Å². The van der Waals surface area contributed by atoms with Gasteiger partial charge in [-0.1, -0.05) is 6.07 Å². The van der Waals surface area contributed by atoms with E-state index < -0.39 is 12.6 Å². The third-order valence-electron chi connectivity index (χ3n) is 1.87. The van der Waals surface area contributed by atoms with Gasteiger partial charge in [-0.2, -0.15) is 0 Å². The molecular formula is C10H11FO2S. The number of methoxy groups -OCH3 is 1. The van der Waals surface area contributed by atoms with E-state index >= 15 is 0 Å². The maximum absolute atomic E-state index is 12.5. The van der Waals surface area contributed by atoms with E-state index in [2.05, 4.69) is 4.74 Å². The zero-order chi connectivity index (χ0) is 10.6. The van der Waals surface area contributed by atoms with Crippen LogP contribution in [0.2, 0.25) is 0 Å². The predicted octanol–water partition coefficient (Wildman–Crippen LogP) is 2.66. The molecule has 1 rings (SSSR count). The number of hydrogen-bond acceptors (Lipinski definition) is 3. The van der Waals surface area contributed by atoms with Crippen molar-refractivity contribution in [3.8, 4) is 0 Å². The first-order valence-corrected chi connectivity index (χ1v) is 5.26. The molecule has 4 heteroatoms. The third kappa shape index (κ3) is 2.26. The highest BCUT2D eigenvalue weighted by Gasteiger charge is 2.11. The molecule has 14 heavy (non-hydrogen) atoms. The first-order valence-electron chi connectivity index (χ1n) is 4.04. The number of thioether (sulfide) groups is 1. The van der Waals surface area contributed by atoms with Gasteiger partial charge in [-0.15, -0.1) is 11.8 Å². The summed E-state index contributed by atoms with van der Waals surface area (Å²) in [4.78, 5) is 12.2. The lowest BCUT2D eigenvalue weighted by atomic mass is 10.1. The first-order chi connectivity index (χ1) is 6.72. The normalized spacial score (nSPS) is 9.93. The topological polar surface area (TPSA) is 26.3 Å². The number of carbonyl (C=O) groups excluding carboxylic acids is 1. The molecule has 0 atom stereocenters. The van der Waals surface area contributed by atoms with Crippen molar-refractivity contribution in [3.63, 3.8) is 0 Å². The summed E-state index contributed by atoms with van der Waals surface area (Å²) in [6.45, 7) is -0.654. The van der Waals surface area contributed by atoms with Gasteiger partial charge in [0.1, 0.15) is 6.67 Å². The second-order valence-corrected chi connectivity index (χ2v) is 3.53. The Balaban J connectivity index is 3.14. The van der Waals surface area contributed by atoms with Crippen LogP contribution in [0.1, 0.15) is 15.9 Å². The van der Waals surface area contributed by atoms with Gasteiger partial charge in [0.25, 0.3) is 0 Å². The average Bonchev–Trinajstić information content (AvgIpc) is 2.27. The molecule has 0 spiro atoms. The van der Waals surface area contributed by atoms with Gasteiger partial charge in [0.05, 0.1) is 12.7 Å². The summed E-state index contributed by atoms with van der Waals surface area (Å²) in [7, 11) is 1.29. The Morgan fingerprint density at radius 3 is 2.79 bits per heavy atom. The van der Waals surface area contributed by atoms with Crippen molar-refractivity contribution in [3.05, 3.63) is 29.3 Å². The summed E-state index contributed by atoms with van der Waals surface area (Å²) in [6, 6.07) is 5.04. The van der Waals surface area contributed by atoms with Gasteiger partial charge >= 0.3 is 5.97 Å². The monoisotopic (exact) mass is 214 g/mol. The molecule has 1 aromatic carbocycles. The van der Waals surface area contributed by atoms with E-state index in [1.165, 1.54) is 18.9 Å². The SMILES string of the molecule is COC(=O)c1cc(SC)ccc1CF. The number of esters is 1. The Kier molecular flexibility index (Phi) is 3.95. The molecule has 0 aliphatic heterocycles. The second kappa shape index (κ2) is 5.00. The maximum atomic E-state index is 12.5. The minimum absolute atomic E-state index is 0.307. The smallest absolute Gasteiger partial charge is 0.338 e. The van der Waals surface area contributed by atoms with Gasteiger partial charge in [0.15, 0.2) is 0 Å². The van der Waals surface area contributed by atoms with Gasteiger partial charge in [0, 0.05) is 4.90 Å². The lowest BCUT2D eigenvalue weighted by molar-refractivity contribution is 0.0598. The molecule has 0 radical (unpaired) electrons. The van der Waals surface area contributed by atoms with Gasteiger partial charge in [0.2, 0.25) is 0 Å². The Bertz CT molecular complexity index is 339. The van der Waals surface area contributed by atoms with E-state index in [0.29, 0.717) is 11.1 Å². The molecule has 0 fully saturated rings. The van der Waals surface area contributed by atoms with Crippen LogP contribution in [0.4, 0.5) is 4.39 Å². The van der Waals surface area contributed by atoms with Crippen LogP contribution in [0.3, 0.4) is 0 Å². The van der Waals surface area contributed by atoms with Crippen LogP contribution in [0, 0.1) is 0 Å². The Hall–Kier alpha value is -1.03. The standard InChI is InChI=1S/C10H11FO2S/c1-13-10(12)9-5-8(14-2)4-3-7(9)6-11/h3-5H,6H2,1-2H3. The van der Waals surface area contributed by atoms with E-state index in [9.17, 15) is 9.18 Å². The van der Waals surface area contributed by atoms with Crippen LogP contribution >= 0.6 is 11.8 Å². The largest absolute Gasteiger partial charge is 0.465 e. The lowest BCUT2D eigenvalue weighted by Crippen LogP contribution is -2.05. The van der Waals surface area contributed by atoms with Crippen LogP contribution in [0.5, 0.6) is 0 Å². The number of hydrogen-bond donors (Lipinski definition) is 0. The molecule has 0 aliphatic rings. The van der Waals surface area contributed by atoms with Crippen molar-refractivity contribution in [2.24, 2.45) is 0 Å². The third-order valence-corrected chi connectivity index (χ3v) is 2.59. The van der Waals surface area contributed by atoms with E-state index in [0.717, 1.165) is 4.90 Å². The molecule has 0 amide bonds. The van der Waals surface area contributed by atoms with Gasteiger partial charge in [-0.25, -0.2) is 9.18 Å². The van der Waals surface area contributed by atoms with Crippen molar-refractivity contribution in [2.75, 3.05) is 13.4 Å². The molecule has 0 unspecified atom stereocenters. The maximum Gasteiger partial charge on any atom is 0.338 e. The highest BCUT2D eigenvalue weighted by Crippen LogP contribution is 2.20. The van der Waals surface area contributed by atoms with E-state index in [1.54, 1.807) is 18.2 Å². The van der Waals surface area contributed by atoms with Gasteiger partial charge < -0.3 is 4.74 Å². The fraction of sp³-hybridized carbons (Fsp3) is 0.300. The first kappa shape index (κ1) is 11.0. The molecule has 0 heterocycles. The summed E-state index contributed by atoms with van der Waals surface area (Å²) < 4.78 is 17.1. The second-order valence-electron chi connectivity index (χ2n) is 2.65. The van der Waals surface area contributed by atoms with Crippen LogP contribution in [0.15, 0.2) is 23.1 Å². The van der Waals surface area contributed by atoms with Crippen LogP contribution < -0.4 is 0 Å². The summed E-state index contributed by atoms with van der Waals surface area (Å²) in [5.74, 6) is -0.492. The lowest BCUT2D eigenvalue weighted by Gasteiger charge is -2.06. The van der Waals surface area contributed by atoms with E-state index in [1.807, 2.05) is 6.26 Å². The van der Waals surface area contributed by atoms with Crippen LogP contribution in [-0.2, 0) is 11.4 Å². The minimum atomic E-state index is -0.654. The quantitative estimate of drug-likeness (QED) is 0.571. The van der Waals surface area contributed by atoms with E-state index in [-0.39, 0.29) is 0 Å². The van der Waals surface area contributed by atoms with Crippen molar-refractivity contribution in [2.45, 2.75) is 11.6 Å². The Morgan fingerprint density at radius 2 is 2.29 bits per heavy atom. The van der Waals surface area contributed by atoms with Crippen molar-refractivity contribution in [1.82, 2.24) is 0 Å². The van der Waals surface area contributed by atoms with Crippen LogP contribution in [0.25, 0.3) is 0 Å². The highest BCUT2D eigenvalue weighted by molar-refractivity contribution is 7.98. The molecular weight excluding hydrogens is 203 g/mol. The van der Waals surface area contributed by atoms with Gasteiger partial charge in [-0.05, 0) is 24.0 Å². The molecule has 76 valence electrons. The summed E-state index contributed by atoms with van der Waals surface area (Å²) in [6.07, 6.45) is 1.89. The molecule has 0 aromatic heterocycles. The molecule has 0 saturated carbocycles. The summed E-state index contributed by atoms with van der Waals surface area (Å²) in [5.41, 5.74) is 0.677. The number of halogens is 1. The van der Waals surface area contributed by atoms with Crippen LogP contribution in [-0.4, -0.2) is 19.3 Å². The average molecular weight is 214 g/mol. The molecule has 1 aromatic rings. The zero-order valence-electron chi connectivity index (χ0n) is 8.04. The number of alkyl halides is 1. The minimum Gasteiger partial charge on any atom is -0.465 e. The fourth-order valence-corrected chi connectivity index (χ4v) is 1.54. The number of benzene rings is 1. The molecule has 2 nitrogen and oxygen atoms in total. The highest BCUT2D eigenvalue weighted by atomic mass is 32.2. The number of carbonyl (C=O) groups is 1. The van der Waals surface area contributed by atoms with E-state index in [4.69, 9.17) is 0 Å². The number of ether oxygens (including phenoxy) is 1. The zero-order valence-corrected chi connectivity index (χ0v) is 8.86. The molecule has 0 saturated heterocycles. The molecule has 0 aliphatic carbocycles. The summed E-state index contributed by atoms with van der Waals surface area (Å²) in [5, 5.41) is 0. The molecule has 0 bridgehead atoms. The van der Waals surface area contributed by atoms with Crippen molar-refractivity contribution in [1.29, 1.82) is 0 Å².